The topological polar surface area (TPSA) is 9.23 Å². The summed E-state index contributed by atoms with van der Waals surface area (Å²) in [6.45, 7) is 0.326. The molecule has 13 heavy (non-hydrogen) atoms. The largest absolute Gasteiger partial charge is 0.479 e. The minimum absolute atomic E-state index is 0.326. The zero-order valence-electron chi connectivity index (χ0n) is 6.48. The van der Waals surface area contributed by atoms with Gasteiger partial charge in [0.15, 0.2) is 0 Å². The Hall–Kier alpha value is 0.770. The summed E-state index contributed by atoms with van der Waals surface area (Å²) in [4.78, 5) is 0. The van der Waals surface area contributed by atoms with E-state index in [0.717, 1.165) is 12.9 Å². The summed E-state index contributed by atoms with van der Waals surface area (Å²) in [5.74, 6) is 3.34. The van der Waals surface area contributed by atoms with Crippen LogP contribution in [0.5, 0.6) is 5.75 Å². The molecule has 1 aromatic carbocycles. The van der Waals surface area contributed by atoms with Gasteiger partial charge in [0.2, 0.25) is 0 Å². The van der Waals surface area contributed by atoms with E-state index in [4.69, 9.17) is 11.2 Å². The van der Waals surface area contributed by atoms with Gasteiger partial charge >= 0.3 is 0 Å². The van der Waals surface area contributed by atoms with Gasteiger partial charge in [-0.3, -0.25) is 0 Å². The maximum Gasteiger partial charge on any atom is 0.148 e. The smallest absolute Gasteiger partial charge is 0.148 e. The van der Waals surface area contributed by atoms with E-state index >= 15 is 0 Å². The third-order valence-corrected chi connectivity index (χ3v) is 3.49. The highest BCUT2D eigenvalue weighted by Crippen LogP contribution is 2.29. The molecule has 0 spiro atoms. The van der Waals surface area contributed by atoms with Crippen molar-refractivity contribution in [3.05, 3.63) is 22.8 Å². The van der Waals surface area contributed by atoms with Gasteiger partial charge in [0.05, 0.1) is 7.14 Å². The maximum atomic E-state index is 5.42. The summed E-state index contributed by atoms with van der Waals surface area (Å²) < 4.78 is 8.83. The Bertz CT molecular complexity index is 331. The van der Waals surface area contributed by atoms with Crippen LogP contribution >= 0.6 is 67.8 Å². The number of hydrogen-bond donors (Lipinski definition) is 0. The molecule has 0 heterocycles. The van der Waals surface area contributed by atoms with Crippen molar-refractivity contribution in [2.24, 2.45) is 0 Å². The first-order valence-corrected chi connectivity index (χ1v) is 6.59. The minimum Gasteiger partial charge on any atom is -0.479 e. The Balaban J connectivity index is 3.00. The van der Waals surface area contributed by atoms with Gasteiger partial charge in [0.25, 0.3) is 0 Å². The normalized spacial score (nSPS) is 9.38. The molecule has 1 nitrogen and oxygen atoms in total. The summed E-state index contributed by atoms with van der Waals surface area (Å²) >= 11 is 6.78. The molecule has 0 amide bonds. The predicted octanol–water partition coefficient (Wildman–Crippen LogP) is 3.51. The van der Waals surface area contributed by atoms with Gasteiger partial charge in [-0.25, -0.2) is 0 Å². The van der Waals surface area contributed by atoms with Crippen molar-refractivity contribution in [1.82, 2.24) is 0 Å². The van der Waals surface area contributed by atoms with Gasteiger partial charge in [-0.1, -0.05) is 5.92 Å². The molecule has 0 aromatic heterocycles. The highest BCUT2D eigenvalue weighted by Gasteiger charge is 2.06. The van der Waals surface area contributed by atoms with E-state index in [1.165, 1.54) is 3.57 Å². The molecular formula is C9H5I3O. The summed E-state index contributed by atoms with van der Waals surface area (Å²) in [5, 5.41) is 0. The molecule has 0 aliphatic rings. The zero-order valence-corrected chi connectivity index (χ0v) is 13.0. The Morgan fingerprint density at radius 1 is 1.23 bits per heavy atom. The zero-order chi connectivity index (χ0) is 9.84. The Morgan fingerprint density at radius 2 is 1.77 bits per heavy atom. The molecule has 68 valence electrons. The van der Waals surface area contributed by atoms with Crippen LogP contribution in [0.15, 0.2) is 12.1 Å². The number of rotatable bonds is 2. The highest BCUT2D eigenvalue weighted by molar-refractivity contribution is 14.1. The van der Waals surface area contributed by atoms with Crippen LogP contribution in [0.3, 0.4) is 0 Å². The number of halogens is 3. The molecule has 0 atom stereocenters. The van der Waals surface area contributed by atoms with Crippen LogP contribution < -0.4 is 4.74 Å². The van der Waals surface area contributed by atoms with E-state index < -0.39 is 0 Å². The third kappa shape index (κ3) is 3.43. The first-order valence-electron chi connectivity index (χ1n) is 3.36. The van der Waals surface area contributed by atoms with Crippen LogP contribution in [0.1, 0.15) is 0 Å². The number of terminal acetylenes is 1. The van der Waals surface area contributed by atoms with Gasteiger partial charge in [0, 0.05) is 3.57 Å². The average Bonchev–Trinajstić information content (AvgIpc) is 2.02. The minimum atomic E-state index is 0.326. The molecule has 0 saturated heterocycles. The molecule has 0 fully saturated rings. The van der Waals surface area contributed by atoms with Crippen molar-refractivity contribution in [3.63, 3.8) is 0 Å². The molecule has 0 bridgehead atoms. The Morgan fingerprint density at radius 3 is 2.23 bits per heavy atom. The first kappa shape index (κ1) is 11.8. The molecule has 0 radical (unpaired) electrons. The van der Waals surface area contributed by atoms with E-state index in [0.29, 0.717) is 6.61 Å². The first-order chi connectivity index (χ1) is 6.15. The van der Waals surface area contributed by atoms with E-state index in [2.05, 4.69) is 85.8 Å². The van der Waals surface area contributed by atoms with Crippen LogP contribution in [0, 0.1) is 23.1 Å². The molecule has 4 heteroatoms. The fourth-order valence-corrected chi connectivity index (χ4v) is 4.67. The van der Waals surface area contributed by atoms with Crippen molar-refractivity contribution < 1.29 is 4.74 Å². The molecule has 1 rings (SSSR count). The SMILES string of the molecule is C#CCOc1c(I)cc(I)cc1I. The third-order valence-electron chi connectivity index (χ3n) is 1.26. The summed E-state index contributed by atoms with van der Waals surface area (Å²) in [6, 6.07) is 4.13. The van der Waals surface area contributed by atoms with E-state index in [1.807, 2.05) is 0 Å². The Labute approximate surface area is 118 Å². The molecule has 0 saturated carbocycles. The number of ether oxygens (including phenoxy) is 1. The lowest BCUT2D eigenvalue weighted by atomic mass is 10.3. The molecule has 1 aromatic rings. The highest BCUT2D eigenvalue weighted by atomic mass is 127. The maximum absolute atomic E-state index is 5.42. The molecule has 0 N–H and O–H groups in total. The molecule has 0 aliphatic heterocycles. The van der Waals surface area contributed by atoms with E-state index in [-0.39, 0.29) is 0 Å². The monoisotopic (exact) mass is 510 g/mol. The summed E-state index contributed by atoms with van der Waals surface area (Å²) in [7, 11) is 0. The average molecular weight is 510 g/mol. The Kier molecular flexibility index (Phi) is 5.10. The van der Waals surface area contributed by atoms with E-state index in [9.17, 15) is 0 Å². The van der Waals surface area contributed by atoms with Crippen molar-refractivity contribution >= 4 is 67.8 Å². The van der Waals surface area contributed by atoms with Gasteiger partial charge in [0.1, 0.15) is 12.4 Å². The molecule has 0 aliphatic carbocycles. The fourth-order valence-electron chi connectivity index (χ4n) is 0.781. The van der Waals surface area contributed by atoms with Crippen LogP contribution in [0.4, 0.5) is 0 Å². The second-order valence-corrected chi connectivity index (χ2v) is 5.76. The standard InChI is InChI=1S/C9H5I3O/c1-2-3-13-9-7(11)4-6(10)5-8(9)12/h1,4-5H,3H2. The van der Waals surface area contributed by atoms with Crippen LogP contribution in [0.2, 0.25) is 0 Å². The van der Waals surface area contributed by atoms with Crippen molar-refractivity contribution in [2.75, 3.05) is 6.61 Å². The van der Waals surface area contributed by atoms with Crippen molar-refractivity contribution in [1.29, 1.82) is 0 Å². The van der Waals surface area contributed by atoms with Gasteiger partial charge in [-0.15, -0.1) is 6.42 Å². The second kappa shape index (κ2) is 5.60. The lowest BCUT2D eigenvalue weighted by molar-refractivity contribution is 0.365. The lowest BCUT2D eigenvalue weighted by Crippen LogP contribution is -1.98. The quantitative estimate of drug-likeness (QED) is 0.438. The summed E-state index contributed by atoms with van der Waals surface area (Å²) in [5.41, 5.74) is 0. The predicted molar refractivity (Wildman–Crippen MR) is 78.9 cm³/mol. The molecule has 0 unspecified atom stereocenters. The molecular weight excluding hydrogens is 505 g/mol. The second-order valence-electron chi connectivity index (χ2n) is 2.19. The van der Waals surface area contributed by atoms with Crippen molar-refractivity contribution in [3.8, 4) is 18.1 Å². The number of benzene rings is 1. The van der Waals surface area contributed by atoms with Gasteiger partial charge < -0.3 is 4.74 Å². The van der Waals surface area contributed by atoms with Gasteiger partial charge in [-0.05, 0) is 79.9 Å². The van der Waals surface area contributed by atoms with E-state index in [1.54, 1.807) is 0 Å². The van der Waals surface area contributed by atoms with Crippen molar-refractivity contribution in [2.45, 2.75) is 0 Å². The number of hydrogen-bond acceptors (Lipinski definition) is 1. The summed E-state index contributed by atoms with van der Waals surface area (Å²) in [6.07, 6.45) is 5.13. The van der Waals surface area contributed by atoms with Crippen LogP contribution in [-0.4, -0.2) is 6.61 Å². The lowest BCUT2D eigenvalue weighted by Gasteiger charge is -2.07. The van der Waals surface area contributed by atoms with Crippen LogP contribution in [-0.2, 0) is 0 Å². The fraction of sp³-hybridized carbons (Fsp3) is 0.111. The van der Waals surface area contributed by atoms with Gasteiger partial charge in [-0.2, -0.15) is 0 Å². The van der Waals surface area contributed by atoms with Crippen LogP contribution in [0.25, 0.3) is 0 Å².